The number of para-hydroxylation sites is 1. The van der Waals surface area contributed by atoms with Gasteiger partial charge in [-0.2, -0.15) is 0 Å². The summed E-state index contributed by atoms with van der Waals surface area (Å²) in [7, 11) is 1.64. The molecule has 0 amide bonds. The summed E-state index contributed by atoms with van der Waals surface area (Å²) in [5, 5.41) is 9.76. The molecule has 1 atom stereocenters. The van der Waals surface area contributed by atoms with Gasteiger partial charge in [-0.15, -0.1) is 0 Å². The fraction of sp³-hybridized carbons (Fsp3) is 0.385. The highest BCUT2D eigenvalue weighted by Gasteiger charge is 2.06. The van der Waals surface area contributed by atoms with Crippen LogP contribution in [0.25, 0.3) is 0 Å². The van der Waals surface area contributed by atoms with Crippen LogP contribution >= 0.6 is 0 Å². The average molecular weight is 206 g/mol. The fourth-order valence-electron chi connectivity index (χ4n) is 1.54. The van der Waals surface area contributed by atoms with Crippen molar-refractivity contribution in [3.63, 3.8) is 0 Å². The van der Waals surface area contributed by atoms with Gasteiger partial charge in [-0.25, -0.2) is 0 Å². The van der Waals surface area contributed by atoms with Crippen molar-refractivity contribution >= 4 is 0 Å². The molecule has 1 rings (SSSR count). The van der Waals surface area contributed by atoms with Crippen molar-refractivity contribution in [2.45, 2.75) is 26.4 Å². The molecule has 0 heterocycles. The number of hydrogen-bond donors (Lipinski definition) is 1. The summed E-state index contributed by atoms with van der Waals surface area (Å²) >= 11 is 0. The highest BCUT2D eigenvalue weighted by Crippen LogP contribution is 2.19. The molecular formula is C13H18O2. The summed E-state index contributed by atoms with van der Waals surface area (Å²) in [5.74, 6) is 0.832. The third kappa shape index (κ3) is 3.76. The SMILES string of the molecule is COc1ccccc1CC(O)C=C(C)C. The van der Waals surface area contributed by atoms with Crippen LogP contribution in [-0.4, -0.2) is 18.3 Å². The lowest BCUT2D eigenvalue weighted by Crippen LogP contribution is -2.08. The van der Waals surface area contributed by atoms with Gasteiger partial charge in [-0.05, 0) is 25.5 Å². The van der Waals surface area contributed by atoms with Crippen molar-refractivity contribution in [1.29, 1.82) is 0 Å². The number of rotatable bonds is 4. The molecule has 2 heteroatoms. The maximum absolute atomic E-state index is 9.76. The number of methoxy groups -OCH3 is 1. The molecule has 0 bridgehead atoms. The maximum Gasteiger partial charge on any atom is 0.122 e. The summed E-state index contributed by atoms with van der Waals surface area (Å²) in [6.45, 7) is 3.96. The van der Waals surface area contributed by atoms with Crippen molar-refractivity contribution in [3.8, 4) is 5.75 Å². The first-order valence-corrected chi connectivity index (χ1v) is 5.08. The Hall–Kier alpha value is -1.28. The second-order valence-corrected chi connectivity index (χ2v) is 3.83. The predicted molar refractivity (Wildman–Crippen MR) is 62.1 cm³/mol. The van der Waals surface area contributed by atoms with E-state index in [1.807, 2.05) is 44.2 Å². The van der Waals surface area contributed by atoms with E-state index in [2.05, 4.69) is 0 Å². The van der Waals surface area contributed by atoms with E-state index < -0.39 is 6.10 Å². The highest BCUT2D eigenvalue weighted by molar-refractivity contribution is 5.34. The summed E-state index contributed by atoms with van der Waals surface area (Å²) in [6, 6.07) is 7.76. The topological polar surface area (TPSA) is 29.5 Å². The quantitative estimate of drug-likeness (QED) is 0.767. The lowest BCUT2D eigenvalue weighted by Gasteiger charge is -2.10. The van der Waals surface area contributed by atoms with Crippen LogP contribution in [0.1, 0.15) is 19.4 Å². The number of aliphatic hydroxyl groups excluding tert-OH is 1. The van der Waals surface area contributed by atoms with E-state index in [4.69, 9.17) is 4.74 Å². The van der Waals surface area contributed by atoms with Crippen LogP contribution in [0.3, 0.4) is 0 Å². The molecular weight excluding hydrogens is 188 g/mol. The summed E-state index contributed by atoms with van der Waals surface area (Å²) < 4.78 is 5.22. The molecule has 0 fully saturated rings. The minimum absolute atomic E-state index is 0.439. The molecule has 0 radical (unpaired) electrons. The van der Waals surface area contributed by atoms with Gasteiger partial charge in [0.25, 0.3) is 0 Å². The zero-order valence-electron chi connectivity index (χ0n) is 9.53. The van der Waals surface area contributed by atoms with Crippen molar-refractivity contribution in [1.82, 2.24) is 0 Å². The first-order valence-electron chi connectivity index (χ1n) is 5.08. The third-order valence-corrected chi connectivity index (χ3v) is 2.15. The summed E-state index contributed by atoms with van der Waals surface area (Å²) in [4.78, 5) is 0. The van der Waals surface area contributed by atoms with E-state index in [0.717, 1.165) is 16.9 Å². The molecule has 0 aliphatic carbocycles. The Morgan fingerprint density at radius 2 is 2.07 bits per heavy atom. The summed E-state index contributed by atoms with van der Waals surface area (Å²) in [5.41, 5.74) is 2.15. The van der Waals surface area contributed by atoms with E-state index in [0.29, 0.717) is 6.42 Å². The van der Waals surface area contributed by atoms with Gasteiger partial charge in [0, 0.05) is 6.42 Å². The van der Waals surface area contributed by atoms with E-state index in [9.17, 15) is 5.11 Å². The van der Waals surface area contributed by atoms with Gasteiger partial charge in [0.05, 0.1) is 13.2 Å². The number of ether oxygens (including phenoxy) is 1. The second-order valence-electron chi connectivity index (χ2n) is 3.83. The molecule has 0 saturated carbocycles. The lowest BCUT2D eigenvalue weighted by atomic mass is 10.1. The summed E-state index contributed by atoms with van der Waals surface area (Å²) in [6.07, 6.45) is 2.01. The molecule has 82 valence electrons. The highest BCUT2D eigenvalue weighted by atomic mass is 16.5. The zero-order chi connectivity index (χ0) is 11.3. The molecule has 1 aromatic rings. The lowest BCUT2D eigenvalue weighted by molar-refractivity contribution is 0.221. The van der Waals surface area contributed by atoms with Crippen LogP contribution in [-0.2, 0) is 6.42 Å². The van der Waals surface area contributed by atoms with Gasteiger partial charge in [-0.3, -0.25) is 0 Å². The molecule has 0 aliphatic heterocycles. The second kappa shape index (κ2) is 5.56. The normalized spacial score (nSPS) is 12.0. The van der Waals surface area contributed by atoms with Crippen LogP contribution in [0.4, 0.5) is 0 Å². The van der Waals surface area contributed by atoms with Crippen molar-refractivity contribution < 1.29 is 9.84 Å². The number of allylic oxidation sites excluding steroid dienone is 1. The molecule has 0 aliphatic rings. The van der Waals surface area contributed by atoms with Crippen LogP contribution in [0.15, 0.2) is 35.9 Å². The monoisotopic (exact) mass is 206 g/mol. The fourth-order valence-corrected chi connectivity index (χ4v) is 1.54. The van der Waals surface area contributed by atoms with Crippen LogP contribution < -0.4 is 4.74 Å². The van der Waals surface area contributed by atoms with E-state index >= 15 is 0 Å². The van der Waals surface area contributed by atoms with Gasteiger partial charge in [-0.1, -0.05) is 29.8 Å². The van der Waals surface area contributed by atoms with E-state index in [1.54, 1.807) is 7.11 Å². The Labute approximate surface area is 91.2 Å². The van der Waals surface area contributed by atoms with Crippen molar-refractivity contribution in [2.24, 2.45) is 0 Å². The van der Waals surface area contributed by atoms with Gasteiger partial charge >= 0.3 is 0 Å². The van der Waals surface area contributed by atoms with Crippen molar-refractivity contribution in [3.05, 3.63) is 41.5 Å². The minimum Gasteiger partial charge on any atom is -0.496 e. The smallest absolute Gasteiger partial charge is 0.122 e. The Balaban J connectivity index is 2.75. The third-order valence-electron chi connectivity index (χ3n) is 2.15. The van der Waals surface area contributed by atoms with Crippen LogP contribution in [0.5, 0.6) is 5.75 Å². The zero-order valence-corrected chi connectivity index (χ0v) is 9.53. The first kappa shape index (κ1) is 11.8. The molecule has 1 unspecified atom stereocenters. The van der Waals surface area contributed by atoms with Gasteiger partial charge in [0.1, 0.15) is 5.75 Å². The van der Waals surface area contributed by atoms with E-state index in [-0.39, 0.29) is 0 Å². The van der Waals surface area contributed by atoms with Gasteiger partial charge < -0.3 is 9.84 Å². The van der Waals surface area contributed by atoms with Gasteiger partial charge in [0.2, 0.25) is 0 Å². The Morgan fingerprint density at radius 1 is 1.40 bits per heavy atom. The maximum atomic E-state index is 9.76. The molecule has 15 heavy (non-hydrogen) atoms. The predicted octanol–water partition coefficient (Wildman–Crippen LogP) is 2.56. The van der Waals surface area contributed by atoms with Crippen LogP contribution in [0, 0.1) is 0 Å². The van der Waals surface area contributed by atoms with Crippen molar-refractivity contribution in [2.75, 3.05) is 7.11 Å². The number of benzene rings is 1. The standard InChI is InChI=1S/C13H18O2/c1-10(2)8-12(14)9-11-6-4-5-7-13(11)15-3/h4-8,12,14H,9H2,1-3H3. The molecule has 2 nitrogen and oxygen atoms in total. The molecule has 0 aromatic heterocycles. The number of hydrogen-bond acceptors (Lipinski definition) is 2. The largest absolute Gasteiger partial charge is 0.496 e. The van der Waals surface area contributed by atoms with Gasteiger partial charge in [0.15, 0.2) is 0 Å². The first-order chi connectivity index (χ1) is 7.13. The molecule has 0 spiro atoms. The Morgan fingerprint density at radius 3 is 2.67 bits per heavy atom. The minimum atomic E-state index is -0.439. The molecule has 1 aromatic carbocycles. The Kier molecular flexibility index (Phi) is 4.37. The molecule has 0 saturated heterocycles. The average Bonchev–Trinajstić information content (AvgIpc) is 2.17. The van der Waals surface area contributed by atoms with Crippen LogP contribution in [0.2, 0.25) is 0 Å². The molecule has 1 N–H and O–H groups in total. The Bertz CT molecular complexity index is 338. The number of aliphatic hydroxyl groups is 1. The van der Waals surface area contributed by atoms with E-state index in [1.165, 1.54) is 0 Å².